The van der Waals surface area contributed by atoms with Crippen molar-refractivity contribution in [2.75, 3.05) is 19.6 Å². The molecule has 0 radical (unpaired) electrons. The molecular formula is C20H23ClN2O3. The van der Waals surface area contributed by atoms with Crippen molar-refractivity contribution in [2.24, 2.45) is 0 Å². The van der Waals surface area contributed by atoms with Crippen LogP contribution in [0.5, 0.6) is 11.5 Å². The van der Waals surface area contributed by atoms with Gasteiger partial charge < -0.3 is 15.0 Å². The molecular weight excluding hydrogens is 352 g/mol. The van der Waals surface area contributed by atoms with Crippen LogP contribution in [0, 0.1) is 0 Å². The number of rotatable bonds is 4. The van der Waals surface area contributed by atoms with E-state index >= 15 is 0 Å². The molecule has 2 aromatic carbocycles. The fourth-order valence-electron chi connectivity index (χ4n) is 2.86. The number of halogens is 1. The van der Waals surface area contributed by atoms with E-state index in [1.807, 2.05) is 4.90 Å². The van der Waals surface area contributed by atoms with E-state index in [9.17, 15) is 9.59 Å². The average Bonchev–Trinajstić information content (AvgIpc) is 2.62. The smallest absolute Gasteiger partial charge is 0.253 e. The van der Waals surface area contributed by atoms with Crippen LogP contribution in [-0.4, -0.2) is 42.3 Å². The summed E-state index contributed by atoms with van der Waals surface area (Å²) in [7, 11) is 0. The molecule has 0 aliphatic carbocycles. The van der Waals surface area contributed by atoms with Crippen molar-refractivity contribution in [3.63, 3.8) is 0 Å². The van der Waals surface area contributed by atoms with E-state index in [4.69, 9.17) is 4.74 Å². The Morgan fingerprint density at radius 2 is 1.54 bits per heavy atom. The Morgan fingerprint density at radius 3 is 2.04 bits per heavy atom. The minimum Gasteiger partial charge on any atom is -0.457 e. The quantitative estimate of drug-likeness (QED) is 0.831. The maximum atomic E-state index is 12.5. The van der Waals surface area contributed by atoms with Gasteiger partial charge in [-0.1, -0.05) is 0 Å². The van der Waals surface area contributed by atoms with Crippen LogP contribution in [0.2, 0.25) is 0 Å². The van der Waals surface area contributed by atoms with Crippen LogP contribution in [0.1, 0.15) is 34.6 Å². The Balaban J connectivity index is 0.00000243. The van der Waals surface area contributed by atoms with Gasteiger partial charge >= 0.3 is 0 Å². The molecule has 5 nitrogen and oxygen atoms in total. The third-order valence-corrected chi connectivity index (χ3v) is 4.25. The van der Waals surface area contributed by atoms with Gasteiger partial charge in [0, 0.05) is 36.8 Å². The van der Waals surface area contributed by atoms with Crippen LogP contribution in [0.3, 0.4) is 0 Å². The van der Waals surface area contributed by atoms with Gasteiger partial charge in [-0.2, -0.15) is 0 Å². The number of ketones is 1. The molecule has 0 bridgehead atoms. The molecule has 1 saturated heterocycles. The normalized spacial score (nSPS) is 16.5. The highest BCUT2D eigenvalue weighted by Crippen LogP contribution is 2.22. The zero-order chi connectivity index (χ0) is 17.8. The second kappa shape index (κ2) is 8.83. The number of piperazine rings is 1. The predicted octanol–water partition coefficient (Wildman–Crippen LogP) is 3.54. The number of carbonyl (C=O) groups is 2. The van der Waals surface area contributed by atoms with Gasteiger partial charge in [-0.05, 0) is 62.4 Å². The van der Waals surface area contributed by atoms with E-state index in [1.165, 1.54) is 6.92 Å². The summed E-state index contributed by atoms with van der Waals surface area (Å²) in [5.41, 5.74) is 1.31. The predicted molar refractivity (Wildman–Crippen MR) is 104 cm³/mol. The van der Waals surface area contributed by atoms with Crippen LogP contribution in [-0.2, 0) is 0 Å². The summed E-state index contributed by atoms with van der Waals surface area (Å²) < 4.78 is 5.76. The second-order valence-electron chi connectivity index (χ2n) is 6.31. The Morgan fingerprint density at radius 1 is 1.00 bits per heavy atom. The molecule has 138 valence electrons. The fraction of sp³-hybridized carbons (Fsp3) is 0.300. The van der Waals surface area contributed by atoms with Crippen molar-refractivity contribution in [1.82, 2.24) is 10.2 Å². The first-order valence-electron chi connectivity index (χ1n) is 8.44. The van der Waals surface area contributed by atoms with Crippen molar-refractivity contribution in [1.29, 1.82) is 0 Å². The van der Waals surface area contributed by atoms with E-state index in [1.54, 1.807) is 48.5 Å². The molecule has 1 heterocycles. The van der Waals surface area contributed by atoms with Gasteiger partial charge in [-0.15, -0.1) is 12.4 Å². The summed E-state index contributed by atoms with van der Waals surface area (Å²) in [6, 6.07) is 14.5. The largest absolute Gasteiger partial charge is 0.457 e. The van der Waals surface area contributed by atoms with Crippen molar-refractivity contribution in [2.45, 2.75) is 19.9 Å². The molecule has 1 N–H and O–H groups in total. The Hall–Kier alpha value is -2.37. The summed E-state index contributed by atoms with van der Waals surface area (Å²) in [5, 5.41) is 3.33. The Bertz CT molecular complexity index is 760. The van der Waals surface area contributed by atoms with Crippen LogP contribution in [0.25, 0.3) is 0 Å². The fourth-order valence-corrected chi connectivity index (χ4v) is 2.86. The number of nitrogens with zero attached hydrogens (tertiary/aromatic N) is 1. The summed E-state index contributed by atoms with van der Waals surface area (Å²) in [6.45, 7) is 5.88. The van der Waals surface area contributed by atoms with Gasteiger partial charge in [-0.3, -0.25) is 9.59 Å². The molecule has 0 aromatic heterocycles. The second-order valence-corrected chi connectivity index (χ2v) is 6.31. The number of hydrogen-bond donors (Lipinski definition) is 1. The number of benzene rings is 2. The molecule has 6 heteroatoms. The van der Waals surface area contributed by atoms with Crippen LogP contribution < -0.4 is 10.1 Å². The van der Waals surface area contributed by atoms with Gasteiger partial charge in [0.1, 0.15) is 11.5 Å². The number of nitrogens with one attached hydrogen (secondary N) is 1. The lowest BCUT2D eigenvalue weighted by Gasteiger charge is -2.32. The van der Waals surface area contributed by atoms with Gasteiger partial charge in [0.15, 0.2) is 5.78 Å². The Labute approximate surface area is 159 Å². The standard InChI is InChI=1S/C20H22N2O3.ClH/c1-14-13-22(12-11-21-14)20(24)17-5-9-19(10-6-17)25-18-7-3-16(4-8-18)15(2)23;/h3-10,14,21H,11-13H2,1-2H3;1H/t14-;/m1./s1. The zero-order valence-electron chi connectivity index (χ0n) is 14.9. The lowest BCUT2D eigenvalue weighted by atomic mass is 10.1. The Kier molecular flexibility index (Phi) is 6.77. The van der Waals surface area contributed by atoms with Crippen LogP contribution in [0.15, 0.2) is 48.5 Å². The average molecular weight is 375 g/mol. The lowest BCUT2D eigenvalue weighted by molar-refractivity contribution is 0.0709. The molecule has 1 atom stereocenters. The maximum Gasteiger partial charge on any atom is 0.253 e. The summed E-state index contributed by atoms with van der Waals surface area (Å²) >= 11 is 0. The topological polar surface area (TPSA) is 58.6 Å². The first-order valence-corrected chi connectivity index (χ1v) is 8.44. The molecule has 1 amide bonds. The van der Waals surface area contributed by atoms with E-state index in [-0.39, 0.29) is 24.1 Å². The van der Waals surface area contributed by atoms with E-state index < -0.39 is 0 Å². The van der Waals surface area contributed by atoms with Gasteiger partial charge in [0.2, 0.25) is 0 Å². The lowest BCUT2D eigenvalue weighted by Crippen LogP contribution is -2.51. The minimum absolute atomic E-state index is 0. The molecule has 0 saturated carbocycles. The monoisotopic (exact) mass is 374 g/mol. The highest BCUT2D eigenvalue weighted by Gasteiger charge is 2.21. The number of carbonyl (C=O) groups excluding carboxylic acids is 2. The van der Waals surface area contributed by atoms with Crippen LogP contribution >= 0.6 is 12.4 Å². The summed E-state index contributed by atoms with van der Waals surface area (Å²) in [4.78, 5) is 25.7. The highest BCUT2D eigenvalue weighted by molar-refractivity contribution is 5.94. The van der Waals surface area contributed by atoms with Gasteiger partial charge in [-0.25, -0.2) is 0 Å². The van der Waals surface area contributed by atoms with Crippen molar-refractivity contribution in [3.05, 3.63) is 59.7 Å². The molecule has 3 rings (SSSR count). The molecule has 1 aliphatic heterocycles. The maximum absolute atomic E-state index is 12.5. The number of amides is 1. The van der Waals surface area contributed by atoms with Gasteiger partial charge in [0.25, 0.3) is 5.91 Å². The minimum atomic E-state index is 0. The third-order valence-electron chi connectivity index (χ3n) is 4.25. The summed E-state index contributed by atoms with van der Waals surface area (Å²) in [5.74, 6) is 1.38. The molecule has 1 fully saturated rings. The number of ether oxygens (including phenoxy) is 1. The molecule has 2 aromatic rings. The third kappa shape index (κ3) is 4.84. The zero-order valence-corrected chi connectivity index (χ0v) is 15.7. The SMILES string of the molecule is CC(=O)c1ccc(Oc2ccc(C(=O)N3CCN[C@H](C)C3)cc2)cc1.Cl. The van der Waals surface area contributed by atoms with Crippen LogP contribution in [0.4, 0.5) is 0 Å². The molecule has 0 unspecified atom stereocenters. The van der Waals surface area contributed by atoms with E-state index in [0.29, 0.717) is 28.7 Å². The van der Waals surface area contributed by atoms with Gasteiger partial charge in [0.05, 0.1) is 0 Å². The van der Waals surface area contributed by atoms with Crippen molar-refractivity contribution in [3.8, 4) is 11.5 Å². The first-order chi connectivity index (χ1) is 12.0. The molecule has 0 spiro atoms. The van der Waals surface area contributed by atoms with Crippen molar-refractivity contribution < 1.29 is 14.3 Å². The van der Waals surface area contributed by atoms with E-state index in [0.717, 1.165) is 19.6 Å². The number of Topliss-reactive ketones (excluding diaryl/α,β-unsaturated/α-hetero) is 1. The highest BCUT2D eigenvalue weighted by atomic mass is 35.5. The summed E-state index contributed by atoms with van der Waals surface area (Å²) in [6.07, 6.45) is 0. The number of hydrogen-bond acceptors (Lipinski definition) is 4. The molecule has 1 aliphatic rings. The first kappa shape index (κ1) is 19.9. The van der Waals surface area contributed by atoms with E-state index in [2.05, 4.69) is 12.2 Å². The van der Waals surface area contributed by atoms with Crippen molar-refractivity contribution >= 4 is 24.1 Å². The molecule has 26 heavy (non-hydrogen) atoms.